The normalized spacial score (nSPS) is 26.4. The van der Waals surface area contributed by atoms with Gasteiger partial charge in [-0.1, -0.05) is 38.2 Å². The molecule has 0 aromatic heterocycles. The van der Waals surface area contributed by atoms with Crippen molar-refractivity contribution < 1.29 is 9.13 Å². The summed E-state index contributed by atoms with van der Waals surface area (Å²) in [5.74, 6) is 1.07. The molecule has 20 heavy (non-hydrogen) atoms. The molecule has 0 bridgehead atoms. The van der Waals surface area contributed by atoms with E-state index in [-0.39, 0.29) is 23.5 Å². The smallest absolute Gasteiger partial charge is 0.138 e. The molecule has 3 atom stereocenters. The van der Waals surface area contributed by atoms with Crippen LogP contribution >= 0.6 is 12.2 Å². The van der Waals surface area contributed by atoms with Crippen LogP contribution in [0.5, 0.6) is 0 Å². The summed E-state index contributed by atoms with van der Waals surface area (Å²) in [6.45, 7) is 4.83. The summed E-state index contributed by atoms with van der Waals surface area (Å²) in [5, 5.41) is 0. The van der Waals surface area contributed by atoms with E-state index in [0.29, 0.717) is 17.0 Å². The number of hydrogen-bond donors (Lipinski definition) is 1. The molecule has 2 N–H and O–H groups in total. The molecule has 3 unspecified atom stereocenters. The van der Waals surface area contributed by atoms with Crippen LogP contribution in [0.15, 0.2) is 18.2 Å². The van der Waals surface area contributed by atoms with Crippen molar-refractivity contribution in [3.8, 4) is 0 Å². The van der Waals surface area contributed by atoms with Crippen LogP contribution in [0.2, 0.25) is 0 Å². The topological polar surface area (TPSA) is 35.2 Å². The van der Waals surface area contributed by atoms with Gasteiger partial charge in [0.05, 0.1) is 12.7 Å². The first-order chi connectivity index (χ1) is 9.49. The largest absolute Gasteiger partial charge is 0.389 e. The van der Waals surface area contributed by atoms with E-state index < -0.39 is 0 Å². The van der Waals surface area contributed by atoms with E-state index in [1.54, 1.807) is 18.2 Å². The minimum Gasteiger partial charge on any atom is -0.389 e. The van der Waals surface area contributed by atoms with Gasteiger partial charge in [0.2, 0.25) is 0 Å². The van der Waals surface area contributed by atoms with E-state index in [2.05, 4.69) is 13.8 Å². The molecule has 2 rings (SSSR count). The molecule has 0 saturated heterocycles. The molecule has 0 aliphatic heterocycles. The molecule has 1 aromatic rings. The molecular formula is C16H22FNOS. The number of halogens is 1. The molecule has 1 aliphatic rings. The van der Waals surface area contributed by atoms with Crippen LogP contribution < -0.4 is 5.73 Å². The summed E-state index contributed by atoms with van der Waals surface area (Å²) in [6, 6.07) is 5.10. The SMILES string of the molecule is CC1CCC(OCc2cccc(C(N)=S)c2F)CC1C. The monoisotopic (exact) mass is 295 g/mol. The van der Waals surface area contributed by atoms with Gasteiger partial charge in [-0.2, -0.15) is 0 Å². The Hall–Kier alpha value is -1.00. The van der Waals surface area contributed by atoms with Gasteiger partial charge in [0.1, 0.15) is 10.8 Å². The zero-order valence-corrected chi connectivity index (χ0v) is 12.9. The van der Waals surface area contributed by atoms with Crippen molar-refractivity contribution >= 4 is 17.2 Å². The maximum atomic E-state index is 14.2. The Kier molecular flexibility index (Phi) is 5.11. The van der Waals surface area contributed by atoms with Crippen LogP contribution in [-0.4, -0.2) is 11.1 Å². The highest BCUT2D eigenvalue weighted by molar-refractivity contribution is 7.80. The molecule has 2 nitrogen and oxygen atoms in total. The number of hydrogen-bond acceptors (Lipinski definition) is 2. The average molecular weight is 295 g/mol. The first-order valence-electron chi connectivity index (χ1n) is 7.17. The maximum absolute atomic E-state index is 14.2. The molecule has 4 heteroatoms. The van der Waals surface area contributed by atoms with Crippen molar-refractivity contribution in [3.63, 3.8) is 0 Å². The fourth-order valence-corrected chi connectivity index (χ4v) is 2.90. The second-order valence-corrected chi connectivity index (χ2v) is 6.28. The molecular weight excluding hydrogens is 273 g/mol. The van der Waals surface area contributed by atoms with Crippen molar-refractivity contribution in [2.75, 3.05) is 0 Å². The first kappa shape index (κ1) is 15.4. The first-order valence-corrected chi connectivity index (χ1v) is 7.58. The molecule has 1 aromatic carbocycles. The van der Waals surface area contributed by atoms with Crippen molar-refractivity contribution in [2.45, 2.75) is 45.8 Å². The Morgan fingerprint density at radius 1 is 1.35 bits per heavy atom. The van der Waals surface area contributed by atoms with Gasteiger partial charge in [-0.3, -0.25) is 0 Å². The summed E-state index contributed by atoms with van der Waals surface area (Å²) in [7, 11) is 0. The van der Waals surface area contributed by atoms with Crippen LogP contribution in [0, 0.1) is 17.7 Å². The lowest BCUT2D eigenvalue weighted by molar-refractivity contribution is -0.00846. The summed E-state index contributed by atoms with van der Waals surface area (Å²) in [6.07, 6.45) is 3.52. The highest BCUT2D eigenvalue weighted by Gasteiger charge is 2.25. The highest BCUT2D eigenvalue weighted by atomic mass is 32.1. The predicted molar refractivity (Wildman–Crippen MR) is 83.0 cm³/mol. The molecule has 0 spiro atoms. The van der Waals surface area contributed by atoms with E-state index in [1.807, 2.05) is 0 Å². The molecule has 0 amide bonds. The van der Waals surface area contributed by atoms with Gasteiger partial charge >= 0.3 is 0 Å². The second kappa shape index (κ2) is 6.64. The van der Waals surface area contributed by atoms with E-state index in [4.69, 9.17) is 22.7 Å². The van der Waals surface area contributed by atoms with Gasteiger partial charge in [0, 0.05) is 11.1 Å². The summed E-state index contributed by atoms with van der Waals surface area (Å²) in [5.41, 5.74) is 6.33. The molecule has 1 saturated carbocycles. The molecule has 1 aliphatic carbocycles. The zero-order chi connectivity index (χ0) is 14.7. The van der Waals surface area contributed by atoms with Crippen LogP contribution in [0.3, 0.4) is 0 Å². The van der Waals surface area contributed by atoms with Crippen LogP contribution in [0.1, 0.15) is 44.2 Å². The lowest BCUT2D eigenvalue weighted by Gasteiger charge is -2.32. The Morgan fingerprint density at radius 2 is 2.10 bits per heavy atom. The van der Waals surface area contributed by atoms with Gasteiger partial charge in [0.15, 0.2) is 0 Å². The molecule has 0 heterocycles. The van der Waals surface area contributed by atoms with Gasteiger partial charge in [-0.15, -0.1) is 0 Å². The van der Waals surface area contributed by atoms with Gasteiger partial charge in [0.25, 0.3) is 0 Å². The Balaban J connectivity index is 1.98. The third-order valence-electron chi connectivity index (χ3n) is 4.37. The van der Waals surface area contributed by atoms with Crippen LogP contribution in [0.4, 0.5) is 4.39 Å². The lowest BCUT2D eigenvalue weighted by Crippen LogP contribution is -2.26. The number of rotatable bonds is 4. The van der Waals surface area contributed by atoms with Gasteiger partial charge < -0.3 is 10.5 Å². The lowest BCUT2D eigenvalue weighted by atomic mass is 9.80. The average Bonchev–Trinajstić information content (AvgIpc) is 2.41. The fourth-order valence-electron chi connectivity index (χ4n) is 2.74. The van der Waals surface area contributed by atoms with Crippen molar-refractivity contribution in [3.05, 3.63) is 35.1 Å². The second-order valence-electron chi connectivity index (χ2n) is 5.84. The fraction of sp³-hybridized carbons (Fsp3) is 0.562. The number of nitrogens with two attached hydrogens (primary N) is 1. The Labute approximate surface area is 125 Å². The van der Waals surface area contributed by atoms with Crippen molar-refractivity contribution in [2.24, 2.45) is 17.6 Å². The molecule has 0 radical (unpaired) electrons. The Morgan fingerprint density at radius 3 is 2.75 bits per heavy atom. The van der Waals surface area contributed by atoms with E-state index in [0.717, 1.165) is 18.8 Å². The van der Waals surface area contributed by atoms with Gasteiger partial charge in [-0.25, -0.2) is 4.39 Å². The van der Waals surface area contributed by atoms with Crippen LogP contribution in [-0.2, 0) is 11.3 Å². The van der Waals surface area contributed by atoms with E-state index in [9.17, 15) is 4.39 Å². The van der Waals surface area contributed by atoms with Crippen molar-refractivity contribution in [1.82, 2.24) is 0 Å². The third kappa shape index (κ3) is 3.55. The summed E-state index contributed by atoms with van der Waals surface area (Å²) in [4.78, 5) is 0.0875. The van der Waals surface area contributed by atoms with E-state index in [1.165, 1.54) is 6.42 Å². The number of thiocarbonyl (C=S) groups is 1. The molecule has 1 fully saturated rings. The van der Waals surface area contributed by atoms with Crippen LogP contribution in [0.25, 0.3) is 0 Å². The van der Waals surface area contributed by atoms with Gasteiger partial charge in [-0.05, 0) is 37.2 Å². The minimum atomic E-state index is -0.350. The number of ether oxygens (including phenoxy) is 1. The van der Waals surface area contributed by atoms with E-state index >= 15 is 0 Å². The third-order valence-corrected chi connectivity index (χ3v) is 4.59. The quantitative estimate of drug-likeness (QED) is 0.858. The standard InChI is InChI=1S/C16H22FNOS/c1-10-6-7-13(8-11(10)2)19-9-12-4-3-5-14(15(12)17)16(18)20/h3-5,10-11,13H,6-9H2,1-2H3,(H2,18,20). The zero-order valence-electron chi connectivity index (χ0n) is 12.1. The highest BCUT2D eigenvalue weighted by Crippen LogP contribution is 2.31. The Bertz CT molecular complexity index is 491. The molecule has 110 valence electrons. The number of benzene rings is 1. The maximum Gasteiger partial charge on any atom is 0.138 e. The summed E-state index contributed by atoms with van der Waals surface area (Å²) >= 11 is 4.84. The minimum absolute atomic E-state index is 0.0875. The predicted octanol–water partition coefficient (Wildman–Crippen LogP) is 3.80. The van der Waals surface area contributed by atoms with Crippen molar-refractivity contribution in [1.29, 1.82) is 0 Å². The summed E-state index contributed by atoms with van der Waals surface area (Å²) < 4.78 is 20.0.